The van der Waals surface area contributed by atoms with E-state index in [0.717, 1.165) is 10.3 Å². The van der Waals surface area contributed by atoms with E-state index < -0.39 is 0 Å². The summed E-state index contributed by atoms with van der Waals surface area (Å²) < 4.78 is 2.59. The van der Waals surface area contributed by atoms with Gasteiger partial charge in [-0.25, -0.2) is 0 Å². The summed E-state index contributed by atoms with van der Waals surface area (Å²) in [5.74, 6) is 0. The van der Waals surface area contributed by atoms with Gasteiger partial charge in [-0.2, -0.15) is 5.10 Å². The van der Waals surface area contributed by atoms with Gasteiger partial charge in [0.2, 0.25) is 0 Å². The van der Waals surface area contributed by atoms with Crippen molar-refractivity contribution in [3.05, 3.63) is 16.4 Å². The molecule has 0 spiro atoms. The predicted octanol–water partition coefficient (Wildman–Crippen LogP) is 1.06. The first-order valence-electron chi connectivity index (χ1n) is 2.62. The molecule has 1 heterocycles. The van der Waals surface area contributed by atoms with Gasteiger partial charge < -0.3 is 5.73 Å². The highest BCUT2D eigenvalue weighted by Crippen LogP contribution is 2.07. The minimum atomic E-state index is 0. The third kappa shape index (κ3) is 1.97. The smallest absolute Gasteiger partial charge is 0.128 e. The lowest BCUT2D eigenvalue weighted by molar-refractivity contribution is 0.708. The summed E-state index contributed by atoms with van der Waals surface area (Å²) in [5, 5.41) is 4.04. The maximum atomic E-state index is 5.38. The van der Waals surface area contributed by atoms with E-state index >= 15 is 0 Å². The van der Waals surface area contributed by atoms with Crippen molar-refractivity contribution in [2.24, 2.45) is 12.8 Å². The van der Waals surface area contributed by atoms with E-state index in [0.29, 0.717) is 6.54 Å². The molecule has 5 heteroatoms. The van der Waals surface area contributed by atoms with Crippen LogP contribution in [0.5, 0.6) is 0 Å². The van der Waals surface area contributed by atoms with Gasteiger partial charge in [-0.15, -0.1) is 12.4 Å². The number of aromatic nitrogens is 2. The number of rotatable bonds is 1. The fraction of sp³-hybridized carbons (Fsp3) is 0.400. The van der Waals surface area contributed by atoms with Crippen molar-refractivity contribution in [1.29, 1.82) is 0 Å². The number of halogens is 2. The molecule has 0 amide bonds. The van der Waals surface area contributed by atoms with Crippen LogP contribution in [0.2, 0.25) is 0 Å². The quantitative estimate of drug-likeness (QED) is 0.778. The van der Waals surface area contributed by atoms with Crippen molar-refractivity contribution in [1.82, 2.24) is 9.78 Å². The molecule has 1 aromatic heterocycles. The Labute approximate surface area is 74.1 Å². The van der Waals surface area contributed by atoms with Crippen LogP contribution in [0.1, 0.15) is 5.69 Å². The van der Waals surface area contributed by atoms with Crippen molar-refractivity contribution in [2.45, 2.75) is 6.54 Å². The van der Waals surface area contributed by atoms with E-state index in [4.69, 9.17) is 5.73 Å². The number of hydrogen-bond donors (Lipinski definition) is 1. The molecule has 3 nitrogen and oxygen atoms in total. The van der Waals surface area contributed by atoms with Crippen LogP contribution in [0.15, 0.2) is 10.7 Å². The molecule has 0 saturated carbocycles. The second-order valence-corrected chi connectivity index (χ2v) is 2.60. The summed E-state index contributed by atoms with van der Waals surface area (Å²) in [4.78, 5) is 0. The highest BCUT2D eigenvalue weighted by molar-refractivity contribution is 9.10. The first-order valence-corrected chi connectivity index (χ1v) is 3.42. The molecule has 0 aliphatic rings. The minimum absolute atomic E-state index is 0. The second kappa shape index (κ2) is 3.95. The monoisotopic (exact) mass is 225 g/mol. The van der Waals surface area contributed by atoms with Crippen LogP contribution < -0.4 is 5.73 Å². The van der Waals surface area contributed by atoms with Gasteiger partial charge in [-0.3, -0.25) is 4.68 Å². The summed E-state index contributed by atoms with van der Waals surface area (Å²) in [6.45, 7) is 0.537. The fourth-order valence-corrected chi connectivity index (χ4v) is 1.16. The molecule has 0 atom stereocenters. The van der Waals surface area contributed by atoms with Gasteiger partial charge in [0.05, 0.1) is 5.69 Å². The molecule has 0 aliphatic carbocycles. The SMILES string of the molecule is Cl.Cn1nc(Br)cc1CN. The fourth-order valence-electron chi connectivity index (χ4n) is 0.658. The Kier molecular flexibility index (Phi) is 3.93. The zero-order valence-corrected chi connectivity index (χ0v) is 7.94. The lowest BCUT2D eigenvalue weighted by Crippen LogP contribution is -2.03. The normalized spacial score (nSPS) is 9.10. The Morgan fingerprint density at radius 2 is 2.40 bits per heavy atom. The van der Waals surface area contributed by atoms with Crippen molar-refractivity contribution in [3.63, 3.8) is 0 Å². The molecule has 0 fully saturated rings. The van der Waals surface area contributed by atoms with Gasteiger partial charge in [0.15, 0.2) is 0 Å². The zero-order chi connectivity index (χ0) is 6.85. The Bertz CT molecular complexity index is 211. The van der Waals surface area contributed by atoms with E-state index in [1.54, 1.807) is 4.68 Å². The summed E-state index contributed by atoms with van der Waals surface area (Å²) in [5.41, 5.74) is 6.41. The Morgan fingerprint density at radius 1 is 1.80 bits per heavy atom. The molecule has 58 valence electrons. The third-order valence-corrected chi connectivity index (χ3v) is 1.54. The Morgan fingerprint density at radius 3 is 2.60 bits per heavy atom. The van der Waals surface area contributed by atoms with Crippen molar-refractivity contribution in [2.75, 3.05) is 0 Å². The van der Waals surface area contributed by atoms with Gasteiger partial charge >= 0.3 is 0 Å². The first-order chi connectivity index (χ1) is 4.24. The molecule has 2 N–H and O–H groups in total. The molecular formula is C5H9BrClN3. The molecule has 0 aliphatic heterocycles. The lowest BCUT2D eigenvalue weighted by Gasteiger charge is -1.92. The number of nitrogens with zero attached hydrogens (tertiary/aromatic N) is 2. The van der Waals surface area contributed by atoms with Gasteiger partial charge in [0, 0.05) is 13.6 Å². The summed E-state index contributed by atoms with van der Waals surface area (Å²) in [7, 11) is 1.87. The van der Waals surface area contributed by atoms with Crippen LogP contribution >= 0.6 is 28.3 Å². The maximum absolute atomic E-state index is 5.38. The maximum Gasteiger partial charge on any atom is 0.128 e. The van der Waals surface area contributed by atoms with E-state index in [9.17, 15) is 0 Å². The average molecular weight is 227 g/mol. The number of nitrogens with two attached hydrogens (primary N) is 1. The largest absolute Gasteiger partial charge is 0.325 e. The topological polar surface area (TPSA) is 43.8 Å². The average Bonchev–Trinajstić information content (AvgIpc) is 2.10. The molecule has 0 aromatic carbocycles. The molecule has 10 heavy (non-hydrogen) atoms. The molecule has 0 unspecified atom stereocenters. The number of hydrogen-bond acceptors (Lipinski definition) is 2. The summed E-state index contributed by atoms with van der Waals surface area (Å²) in [6, 6.07) is 1.90. The molecule has 1 aromatic rings. The highest BCUT2D eigenvalue weighted by atomic mass is 79.9. The summed E-state index contributed by atoms with van der Waals surface area (Å²) >= 11 is 3.24. The van der Waals surface area contributed by atoms with Crippen LogP contribution in [0.3, 0.4) is 0 Å². The molecule has 1 rings (SSSR count). The van der Waals surface area contributed by atoms with Crippen LogP contribution in [0.4, 0.5) is 0 Å². The molecule has 0 bridgehead atoms. The number of aryl methyl sites for hydroxylation is 1. The molecular weight excluding hydrogens is 217 g/mol. The van der Waals surface area contributed by atoms with Crippen LogP contribution in [-0.2, 0) is 13.6 Å². The Hall–Kier alpha value is -0.0600. The minimum Gasteiger partial charge on any atom is -0.325 e. The molecule has 0 saturated heterocycles. The van der Waals surface area contributed by atoms with Crippen LogP contribution in [0, 0.1) is 0 Å². The van der Waals surface area contributed by atoms with Gasteiger partial charge in [0.25, 0.3) is 0 Å². The predicted molar refractivity (Wildman–Crippen MR) is 46.0 cm³/mol. The lowest BCUT2D eigenvalue weighted by atomic mass is 10.4. The van der Waals surface area contributed by atoms with Gasteiger partial charge in [0.1, 0.15) is 4.60 Å². The van der Waals surface area contributed by atoms with Crippen LogP contribution in [0.25, 0.3) is 0 Å². The van der Waals surface area contributed by atoms with E-state index in [-0.39, 0.29) is 12.4 Å². The second-order valence-electron chi connectivity index (χ2n) is 1.79. The standard InChI is InChI=1S/C5H8BrN3.ClH/c1-9-4(3-7)2-5(6)8-9;/h2H,3,7H2,1H3;1H. The molecule has 0 radical (unpaired) electrons. The van der Waals surface area contributed by atoms with Gasteiger partial charge in [-0.05, 0) is 22.0 Å². The van der Waals surface area contributed by atoms with Crippen molar-refractivity contribution in [3.8, 4) is 0 Å². The van der Waals surface area contributed by atoms with Crippen LogP contribution in [-0.4, -0.2) is 9.78 Å². The van der Waals surface area contributed by atoms with Crippen molar-refractivity contribution < 1.29 is 0 Å². The highest BCUT2D eigenvalue weighted by Gasteiger charge is 1.97. The van der Waals surface area contributed by atoms with Gasteiger partial charge in [-0.1, -0.05) is 0 Å². The van der Waals surface area contributed by atoms with E-state index in [1.807, 2.05) is 13.1 Å². The summed E-state index contributed by atoms with van der Waals surface area (Å²) in [6.07, 6.45) is 0. The Balaban J connectivity index is 0.000000810. The zero-order valence-electron chi connectivity index (χ0n) is 5.54. The van der Waals surface area contributed by atoms with E-state index in [1.165, 1.54) is 0 Å². The van der Waals surface area contributed by atoms with Crippen molar-refractivity contribution >= 4 is 28.3 Å². The third-order valence-electron chi connectivity index (χ3n) is 1.16. The first kappa shape index (κ1) is 9.94. The van der Waals surface area contributed by atoms with E-state index in [2.05, 4.69) is 21.0 Å².